The predicted molar refractivity (Wildman–Crippen MR) is 99.1 cm³/mol. The first-order valence-electron chi connectivity index (χ1n) is 8.24. The lowest BCUT2D eigenvalue weighted by molar-refractivity contribution is 0.166. The minimum atomic E-state index is -3.69. The van der Waals surface area contributed by atoms with Crippen LogP contribution in [0.5, 0.6) is 5.75 Å². The van der Waals surface area contributed by atoms with Crippen molar-refractivity contribution in [2.45, 2.75) is 30.2 Å². The van der Waals surface area contributed by atoms with Crippen molar-refractivity contribution >= 4 is 34.0 Å². The Bertz CT molecular complexity index is 681. The Balaban J connectivity index is 0.00000225. The molecule has 0 spiro atoms. The SMILES string of the molecule is Cl.NCC1CCCN1S(=O)(=O)c1cc(Cl)ccc1OCC1CCOC1. The van der Waals surface area contributed by atoms with Gasteiger partial charge >= 0.3 is 0 Å². The van der Waals surface area contributed by atoms with Crippen LogP contribution in [-0.4, -0.2) is 51.7 Å². The zero-order chi connectivity index (χ0) is 17.2. The van der Waals surface area contributed by atoms with Crippen LogP contribution in [0.15, 0.2) is 23.1 Å². The maximum atomic E-state index is 13.1. The van der Waals surface area contributed by atoms with Gasteiger partial charge in [-0.25, -0.2) is 8.42 Å². The van der Waals surface area contributed by atoms with Gasteiger partial charge in [-0.05, 0) is 37.5 Å². The van der Waals surface area contributed by atoms with Crippen molar-refractivity contribution in [3.05, 3.63) is 23.2 Å². The summed E-state index contributed by atoms with van der Waals surface area (Å²) in [5.41, 5.74) is 5.73. The van der Waals surface area contributed by atoms with Crippen LogP contribution in [0.3, 0.4) is 0 Å². The zero-order valence-electron chi connectivity index (χ0n) is 13.9. The molecule has 0 aliphatic carbocycles. The van der Waals surface area contributed by atoms with E-state index in [0.717, 1.165) is 25.9 Å². The fourth-order valence-electron chi connectivity index (χ4n) is 3.21. The maximum absolute atomic E-state index is 13.1. The third-order valence-electron chi connectivity index (χ3n) is 4.59. The molecule has 0 amide bonds. The van der Waals surface area contributed by atoms with E-state index in [1.807, 2.05) is 0 Å². The lowest BCUT2D eigenvalue weighted by Crippen LogP contribution is -2.40. The second-order valence-corrected chi connectivity index (χ2v) is 8.57. The van der Waals surface area contributed by atoms with E-state index in [4.69, 9.17) is 26.8 Å². The molecule has 1 aromatic carbocycles. The first-order valence-corrected chi connectivity index (χ1v) is 10.1. The van der Waals surface area contributed by atoms with Gasteiger partial charge in [-0.15, -0.1) is 12.4 Å². The highest BCUT2D eigenvalue weighted by Crippen LogP contribution is 2.33. The lowest BCUT2D eigenvalue weighted by Gasteiger charge is -2.24. The standard InChI is InChI=1S/C16H23ClN2O4S.ClH/c17-13-3-4-15(23-11-12-5-7-22-10-12)16(8-13)24(20,21)19-6-1-2-14(19)9-18;/h3-4,8,12,14H,1-2,5-7,9-11,18H2;1H. The van der Waals surface area contributed by atoms with Crippen molar-refractivity contribution in [1.82, 2.24) is 4.31 Å². The van der Waals surface area contributed by atoms with Crippen LogP contribution < -0.4 is 10.5 Å². The summed E-state index contributed by atoms with van der Waals surface area (Å²) in [6.45, 7) is 2.61. The Morgan fingerprint density at radius 3 is 2.84 bits per heavy atom. The average Bonchev–Trinajstić information content (AvgIpc) is 3.25. The van der Waals surface area contributed by atoms with E-state index in [2.05, 4.69) is 0 Å². The third-order valence-corrected chi connectivity index (χ3v) is 6.79. The lowest BCUT2D eigenvalue weighted by atomic mass is 10.1. The number of rotatable bonds is 6. The summed E-state index contributed by atoms with van der Waals surface area (Å²) in [5.74, 6) is 0.633. The second-order valence-electron chi connectivity index (χ2n) is 6.28. The van der Waals surface area contributed by atoms with Crippen LogP contribution in [0.25, 0.3) is 0 Å². The maximum Gasteiger partial charge on any atom is 0.247 e. The first kappa shape index (κ1) is 20.7. The molecular weight excluding hydrogens is 387 g/mol. The second kappa shape index (κ2) is 8.88. The Morgan fingerprint density at radius 1 is 1.36 bits per heavy atom. The molecule has 2 aliphatic rings. The van der Waals surface area contributed by atoms with E-state index in [-0.39, 0.29) is 23.3 Å². The summed E-state index contributed by atoms with van der Waals surface area (Å²) in [7, 11) is -3.69. The van der Waals surface area contributed by atoms with Crippen molar-refractivity contribution < 1.29 is 17.9 Å². The molecule has 2 N–H and O–H groups in total. The summed E-state index contributed by atoms with van der Waals surface area (Å²) in [5, 5.41) is 0.369. The molecule has 0 aromatic heterocycles. The van der Waals surface area contributed by atoms with Gasteiger partial charge in [0, 0.05) is 36.7 Å². The van der Waals surface area contributed by atoms with Gasteiger partial charge in [-0.2, -0.15) is 4.31 Å². The van der Waals surface area contributed by atoms with Gasteiger partial charge in [0.05, 0.1) is 13.2 Å². The molecule has 2 aliphatic heterocycles. The summed E-state index contributed by atoms with van der Waals surface area (Å²) in [4.78, 5) is 0.120. The first-order chi connectivity index (χ1) is 11.5. The van der Waals surface area contributed by atoms with Gasteiger partial charge < -0.3 is 15.2 Å². The molecule has 3 rings (SSSR count). The number of sulfonamides is 1. The van der Waals surface area contributed by atoms with Gasteiger partial charge in [-0.1, -0.05) is 11.6 Å². The van der Waals surface area contributed by atoms with E-state index in [0.29, 0.717) is 43.0 Å². The van der Waals surface area contributed by atoms with Crippen LogP contribution in [-0.2, 0) is 14.8 Å². The molecule has 2 unspecified atom stereocenters. The number of benzene rings is 1. The van der Waals surface area contributed by atoms with Crippen LogP contribution in [0.1, 0.15) is 19.3 Å². The molecule has 2 fully saturated rings. The van der Waals surface area contributed by atoms with Crippen LogP contribution in [0, 0.1) is 5.92 Å². The van der Waals surface area contributed by atoms with E-state index >= 15 is 0 Å². The van der Waals surface area contributed by atoms with Crippen molar-refractivity contribution in [1.29, 1.82) is 0 Å². The Labute approximate surface area is 160 Å². The number of nitrogens with two attached hydrogens (primary N) is 1. The minimum absolute atomic E-state index is 0. The number of halogens is 2. The van der Waals surface area contributed by atoms with Gasteiger partial charge in [0.25, 0.3) is 0 Å². The van der Waals surface area contributed by atoms with Gasteiger partial charge in [0.2, 0.25) is 10.0 Å². The van der Waals surface area contributed by atoms with E-state index in [1.54, 1.807) is 12.1 Å². The molecule has 25 heavy (non-hydrogen) atoms. The Morgan fingerprint density at radius 2 is 2.16 bits per heavy atom. The van der Waals surface area contributed by atoms with Gasteiger partial charge in [-0.3, -0.25) is 0 Å². The number of hydrogen-bond donors (Lipinski definition) is 1. The van der Waals surface area contributed by atoms with Crippen LogP contribution in [0.4, 0.5) is 0 Å². The summed E-state index contributed by atoms with van der Waals surface area (Å²) in [6, 6.07) is 4.57. The number of hydrogen-bond acceptors (Lipinski definition) is 5. The summed E-state index contributed by atoms with van der Waals surface area (Å²) < 4.78 is 38.8. The minimum Gasteiger partial charge on any atom is -0.492 e. The smallest absolute Gasteiger partial charge is 0.247 e. The highest BCUT2D eigenvalue weighted by atomic mass is 35.5. The Kier molecular flexibility index (Phi) is 7.37. The average molecular weight is 411 g/mol. The monoisotopic (exact) mass is 410 g/mol. The largest absolute Gasteiger partial charge is 0.492 e. The van der Waals surface area contributed by atoms with E-state index in [1.165, 1.54) is 10.4 Å². The van der Waals surface area contributed by atoms with Crippen molar-refractivity contribution in [2.75, 3.05) is 32.9 Å². The molecule has 2 atom stereocenters. The topological polar surface area (TPSA) is 81.9 Å². The molecule has 6 nitrogen and oxygen atoms in total. The highest BCUT2D eigenvalue weighted by molar-refractivity contribution is 7.89. The summed E-state index contributed by atoms with van der Waals surface area (Å²) in [6.07, 6.45) is 2.53. The van der Waals surface area contributed by atoms with Crippen LogP contribution in [0.2, 0.25) is 5.02 Å². The summed E-state index contributed by atoms with van der Waals surface area (Å²) >= 11 is 6.04. The number of nitrogens with zero attached hydrogens (tertiary/aromatic N) is 1. The number of ether oxygens (including phenoxy) is 2. The molecule has 0 radical (unpaired) electrons. The fourth-order valence-corrected chi connectivity index (χ4v) is 5.31. The normalized spacial score (nSPS) is 24.2. The molecule has 2 saturated heterocycles. The molecule has 9 heteroatoms. The molecule has 1 aromatic rings. The van der Waals surface area contributed by atoms with Gasteiger partial charge in [0.1, 0.15) is 10.6 Å². The van der Waals surface area contributed by atoms with Crippen LogP contribution >= 0.6 is 24.0 Å². The Hall–Kier alpha value is -0.570. The van der Waals surface area contributed by atoms with Crippen molar-refractivity contribution in [3.8, 4) is 5.75 Å². The molecule has 142 valence electrons. The molecule has 0 saturated carbocycles. The predicted octanol–water partition coefficient (Wildman–Crippen LogP) is 2.29. The fraction of sp³-hybridized carbons (Fsp3) is 0.625. The van der Waals surface area contributed by atoms with Gasteiger partial charge in [0.15, 0.2) is 0 Å². The molecular formula is C16H24Cl2N2O4S. The highest BCUT2D eigenvalue weighted by Gasteiger charge is 2.36. The van der Waals surface area contributed by atoms with Crippen molar-refractivity contribution in [2.24, 2.45) is 11.7 Å². The van der Waals surface area contributed by atoms with E-state index in [9.17, 15) is 8.42 Å². The van der Waals surface area contributed by atoms with Crippen molar-refractivity contribution in [3.63, 3.8) is 0 Å². The third kappa shape index (κ3) is 4.59. The zero-order valence-corrected chi connectivity index (χ0v) is 16.3. The molecule has 2 heterocycles. The quantitative estimate of drug-likeness (QED) is 0.777. The van der Waals surface area contributed by atoms with E-state index < -0.39 is 10.0 Å². The molecule has 0 bridgehead atoms.